The summed E-state index contributed by atoms with van der Waals surface area (Å²) < 4.78 is 0. The van der Waals surface area contributed by atoms with Gasteiger partial charge in [-0.15, -0.1) is 0 Å². The molecular weight excluding hydrogens is 304 g/mol. The van der Waals surface area contributed by atoms with E-state index in [0.717, 1.165) is 55.9 Å². The second kappa shape index (κ2) is 7.37. The van der Waals surface area contributed by atoms with Crippen molar-refractivity contribution in [3.05, 3.63) is 63.3 Å². The average Bonchev–Trinajstić information content (AvgIpc) is 2.73. The maximum Gasteiger partial charge on any atom is 0.0409 e. The number of hydrogen-bond acceptors (Lipinski definition) is 2. The SMILES string of the molecule is C/C(N)=C/C=C1/CCc2cc(Cl)ccc2C(=C2CCNCC2)C1. The number of hydrogen-bond donors (Lipinski definition) is 2. The number of piperidine rings is 1. The summed E-state index contributed by atoms with van der Waals surface area (Å²) in [5.41, 5.74) is 14.0. The van der Waals surface area contributed by atoms with E-state index < -0.39 is 0 Å². The fraction of sp³-hybridized carbons (Fsp3) is 0.400. The average molecular weight is 329 g/mol. The number of halogens is 1. The first-order chi connectivity index (χ1) is 11.1. The van der Waals surface area contributed by atoms with Crippen molar-refractivity contribution in [2.24, 2.45) is 5.73 Å². The normalized spacial score (nSPS) is 21.3. The molecule has 0 bridgehead atoms. The van der Waals surface area contributed by atoms with Crippen LogP contribution in [0.5, 0.6) is 0 Å². The van der Waals surface area contributed by atoms with Gasteiger partial charge < -0.3 is 11.1 Å². The Bertz CT molecular complexity index is 671. The topological polar surface area (TPSA) is 38.0 Å². The lowest BCUT2D eigenvalue weighted by Gasteiger charge is -2.21. The Morgan fingerprint density at radius 2 is 1.96 bits per heavy atom. The van der Waals surface area contributed by atoms with E-state index in [0.29, 0.717) is 0 Å². The number of allylic oxidation sites excluding steroid dienone is 5. The van der Waals surface area contributed by atoms with E-state index >= 15 is 0 Å². The second-order valence-corrected chi connectivity index (χ2v) is 6.98. The van der Waals surface area contributed by atoms with Crippen LogP contribution in [-0.2, 0) is 6.42 Å². The van der Waals surface area contributed by atoms with Crippen molar-refractivity contribution in [3.63, 3.8) is 0 Å². The Labute approximate surface area is 144 Å². The molecule has 0 spiro atoms. The van der Waals surface area contributed by atoms with Crippen LogP contribution in [0, 0.1) is 0 Å². The molecule has 1 fully saturated rings. The molecule has 3 heteroatoms. The van der Waals surface area contributed by atoms with Crippen LogP contribution in [0.25, 0.3) is 5.57 Å². The fourth-order valence-corrected chi connectivity index (χ4v) is 3.70. The predicted molar refractivity (Wildman–Crippen MR) is 99.4 cm³/mol. The Hall–Kier alpha value is -1.51. The summed E-state index contributed by atoms with van der Waals surface area (Å²) in [5.74, 6) is 0. The van der Waals surface area contributed by atoms with Gasteiger partial charge in [-0.25, -0.2) is 0 Å². The smallest absolute Gasteiger partial charge is 0.0409 e. The molecule has 1 saturated heterocycles. The van der Waals surface area contributed by atoms with E-state index in [-0.39, 0.29) is 0 Å². The highest BCUT2D eigenvalue weighted by atomic mass is 35.5. The molecule has 0 aromatic heterocycles. The third-order valence-corrected chi connectivity index (χ3v) is 4.96. The highest BCUT2D eigenvalue weighted by Crippen LogP contribution is 2.37. The van der Waals surface area contributed by atoms with Gasteiger partial charge in [0.05, 0.1) is 0 Å². The van der Waals surface area contributed by atoms with Gasteiger partial charge in [0, 0.05) is 10.7 Å². The van der Waals surface area contributed by atoms with E-state index in [1.807, 2.05) is 19.1 Å². The van der Waals surface area contributed by atoms with Gasteiger partial charge in [0.25, 0.3) is 0 Å². The Morgan fingerprint density at radius 1 is 1.17 bits per heavy atom. The van der Waals surface area contributed by atoms with Crippen LogP contribution in [-0.4, -0.2) is 13.1 Å². The molecule has 3 rings (SSSR count). The van der Waals surface area contributed by atoms with E-state index in [1.165, 1.54) is 22.3 Å². The monoisotopic (exact) mass is 328 g/mol. The fourth-order valence-electron chi connectivity index (χ4n) is 3.51. The molecule has 0 saturated carbocycles. The molecule has 1 heterocycles. The molecule has 1 aromatic carbocycles. The quantitative estimate of drug-likeness (QED) is 0.739. The largest absolute Gasteiger partial charge is 0.402 e. The number of fused-ring (bicyclic) bond motifs is 1. The molecule has 2 nitrogen and oxygen atoms in total. The van der Waals surface area contributed by atoms with Gasteiger partial charge in [-0.3, -0.25) is 0 Å². The minimum Gasteiger partial charge on any atom is -0.402 e. The summed E-state index contributed by atoms with van der Waals surface area (Å²) in [4.78, 5) is 0. The molecule has 2 aliphatic rings. The molecule has 0 atom stereocenters. The van der Waals surface area contributed by atoms with Crippen LogP contribution in [0.3, 0.4) is 0 Å². The number of rotatable bonds is 1. The summed E-state index contributed by atoms with van der Waals surface area (Å²) in [6.45, 7) is 4.11. The van der Waals surface area contributed by atoms with Crippen molar-refractivity contribution in [1.82, 2.24) is 5.32 Å². The van der Waals surface area contributed by atoms with Crippen LogP contribution >= 0.6 is 11.6 Å². The summed E-state index contributed by atoms with van der Waals surface area (Å²) >= 11 is 6.24. The van der Waals surface area contributed by atoms with E-state index in [4.69, 9.17) is 17.3 Å². The molecule has 122 valence electrons. The number of aryl methyl sites for hydroxylation is 1. The lowest BCUT2D eigenvalue weighted by Crippen LogP contribution is -2.23. The Kier molecular flexibility index (Phi) is 5.24. The molecule has 0 amide bonds. The molecule has 1 aromatic rings. The van der Waals surface area contributed by atoms with E-state index in [2.05, 4.69) is 23.5 Å². The molecule has 0 unspecified atom stereocenters. The van der Waals surface area contributed by atoms with E-state index in [9.17, 15) is 0 Å². The van der Waals surface area contributed by atoms with Gasteiger partial charge in [0.2, 0.25) is 0 Å². The summed E-state index contributed by atoms with van der Waals surface area (Å²) in [6.07, 6.45) is 9.70. The van der Waals surface area contributed by atoms with Crippen molar-refractivity contribution in [2.75, 3.05) is 13.1 Å². The minimum atomic E-state index is 0.837. The van der Waals surface area contributed by atoms with Crippen LogP contribution in [0.4, 0.5) is 0 Å². The van der Waals surface area contributed by atoms with Gasteiger partial charge in [-0.2, -0.15) is 0 Å². The standard InChI is InChI=1S/C20H25ClN2/c1-14(22)2-3-15-4-5-17-13-18(21)6-7-19(17)20(12-15)16-8-10-23-11-9-16/h2-3,6-7,13,23H,4-5,8-12,22H2,1H3/b14-2-,15-3-. The number of nitrogens with one attached hydrogen (secondary N) is 1. The maximum atomic E-state index is 6.24. The van der Waals surface area contributed by atoms with Crippen molar-refractivity contribution in [1.29, 1.82) is 0 Å². The van der Waals surface area contributed by atoms with Crippen molar-refractivity contribution in [2.45, 2.75) is 39.0 Å². The molecule has 3 N–H and O–H groups in total. The zero-order chi connectivity index (χ0) is 16.2. The van der Waals surface area contributed by atoms with Crippen molar-refractivity contribution < 1.29 is 0 Å². The maximum absolute atomic E-state index is 6.24. The number of nitrogens with two attached hydrogens (primary N) is 1. The zero-order valence-electron chi connectivity index (χ0n) is 13.8. The lowest BCUT2D eigenvalue weighted by atomic mass is 9.89. The Balaban J connectivity index is 2.04. The molecule has 1 aliphatic carbocycles. The first-order valence-electron chi connectivity index (χ1n) is 8.45. The molecular formula is C20H25ClN2. The van der Waals surface area contributed by atoms with Gasteiger partial charge >= 0.3 is 0 Å². The van der Waals surface area contributed by atoms with Gasteiger partial charge in [0.1, 0.15) is 0 Å². The van der Waals surface area contributed by atoms with E-state index in [1.54, 1.807) is 5.57 Å². The first-order valence-corrected chi connectivity index (χ1v) is 8.83. The third-order valence-electron chi connectivity index (χ3n) is 4.73. The summed E-state index contributed by atoms with van der Waals surface area (Å²) in [6, 6.07) is 6.39. The van der Waals surface area contributed by atoms with Gasteiger partial charge in [0.15, 0.2) is 0 Å². The summed E-state index contributed by atoms with van der Waals surface area (Å²) in [5, 5.41) is 4.29. The molecule has 1 aliphatic heterocycles. The highest BCUT2D eigenvalue weighted by Gasteiger charge is 2.20. The van der Waals surface area contributed by atoms with Crippen LogP contribution in [0.1, 0.15) is 43.7 Å². The van der Waals surface area contributed by atoms with Crippen molar-refractivity contribution >= 4 is 17.2 Å². The van der Waals surface area contributed by atoms with Gasteiger partial charge in [-0.05, 0) is 87.0 Å². The first kappa shape index (κ1) is 16.4. The van der Waals surface area contributed by atoms with Crippen LogP contribution in [0.15, 0.2) is 47.2 Å². The summed E-state index contributed by atoms with van der Waals surface area (Å²) in [7, 11) is 0. The second-order valence-electron chi connectivity index (χ2n) is 6.55. The predicted octanol–water partition coefficient (Wildman–Crippen LogP) is 4.60. The van der Waals surface area contributed by atoms with Crippen molar-refractivity contribution in [3.8, 4) is 0 Å². The molecule has 0 radical (unpaired) electrons. The zero-order valence-corrected chi connectivity index (χ0v) is 14.5. The lowest BCUT2D eigenvalue weighted by molar-refractivity contribution is 0.610. The van der Waals surface area contributed by atoms with Crippen LogP contribution < -0.4 is 11.1 Å². The molecule has 23 heavy (non-hydrogen) atoms. The Morgan fingerprint density at radius 3 is 2.70 bits per heavy atom. The van der Waals surface area contributed by atoms with Gasteiger partial charge in [-0.1, -0.05) is 34.9 Å². The minimum absolute atomic E-state index is 0.837. The third kappa shape index (κ3) is 4.07. The number of benzene rings is 1. The van der Waals surface area contributed by atoms with Crippen LogP contribution in [0.2, 0.25) is 5.02 Å². The highest BCUT2D eigenvalue weighted by molar-refractivity contribution is 6.30.